The number of sulfonamides is 1. The Balaban J connectivity index is 1.51. The number of benzene rings is 2. The lowest BCUT2D eigenvalue weighted by Crippen LogP contribution is -2.58. The molecule has 2 aliphatic rings. The Kier molecular flexibility index (Phi) is 6.00. The molecular weight excluding hydrogens is 467 g/mol. The van der Waals surface area contributed by atoms with Crippen LogP contribution >= 0.6 is 11.6 Å². The molecule has 0 radical (unpaired) electrons. The van der Waals surface area contributed by atoms with E-state index in [4.69, 9.17) is 11.6 Å². The van der Waals surface area contributed by atoms with Crippen LogP contribution in [0.4, 0.5) is 13.2 Å². The predicted octanol–water partition coefficient (Wildman–Crippen LogP) is 3.47. The molecule has 2 aromatic rings. The van der Waals surface area contributed by atoms with E-state index >= 15 is 0 Å². The van der Waals surface area contributed by atoms with Gasteiger partial charge >= 0.3 is 6.18 Å². The van der Waals surface area contributed by atoms with Gasteiger partial charge in [-0.25, -0.2) is 8.42 Å². The molecule has 2 heterocycles. The van der Waals surface area contributed by atoms with Crippen LogP contribution in [0, 0.1) is 0 Å². The average molecular weight is 488 g/mol. The zero-order valence-electron chi connectivity index (χ0n) is 16.9. The van der Waals surface area contributed by atoms with Gasteiger partial charge in [0.2, 0.25) is 15.9 Å². The normalized spacial score (nSPS) is 19.6. The summed E-state index contributed by atoms with van der Waals surface area (Å²) < 4.78 is 66.4. The van der Waals surface area contributed by atoms with E-state index in [-0.39, 0.29) is 37.0 Å². The Labute approximate surface area is 189 Å². The van der Waals surface area contributed by atoms with Gasteiger partial charge in [-0.15, -0.1) is 0 Å². The molecule has 6 nitrogen and oxygen atoms in total. The number of halogens is 4. The first-order valence-corrected chi connectivity index (χ1v) is 11.8. The molecule has 32 heavy (non-hydrogen) atoms. The Morgan fingerprint density at radius 3 is 2.34 bits per heavy atom. The van der Waals surface area contributed by atoms with Gasteiger partial charge in [-0.1, -0.05) is 23.7 Å². The Morgan fingerprint density at radius 2 is 1.72 bits per heavy atom. The van der Waals surface area contributed by atoms with Gasteiger partial charge in [-0.2, -0.15) is 17.5 Å². The van der Waals surface area contributed by atoms with Gasteiger partial charge in [-0.05, 0) is 54.8 Å². The predicted molar refractivity (Wildman–Crippen MR) is 112 cm³/mol. The minimum Gasteiger partial charge on any atom is -0.319 e. The van der Waals surface area contributed by atoms with Gasteiger partial charge in [0.1, 0.15) is 0 Å². The summed E-state index contributed by atoms with van der Waals surface area (Å²) >= 11 is 5.84. The quantitative estimate of drug-likeness (QED) is 0.717. The van der Waals surface area contributed by atoms with Crippen LogP contribution in [-0.4, -0.2) is 48.8 Å². The number of hydrogen-bond donors (Lipinski definition) is 1. The van der Waals surface area contributed by atoms with Gasteiger partial charge in [-0.3, -0.25) is 10.1 Å². The molecule has 0 aliphatic carbocycles. The minimum absolute atomic E-state index is 0.0136. The lowest BCUT2D eigenvalue weighted by atomic mass is 9.96. The summed E-state index contributed by atoms with van der Waals surface area (Å²) in [5.41, 5.74) is -1.20. The highest BCUT2D eigenvalue weighted by Gasteiger charge is 2.48. The van der Waals surface area contributed by atoms with E-state index in [9.17, 15) is 26.4 Å². The highest BCUT2D eigenvalue weighted by atomic mass is 35.5. The number of piperidine rings is 1. The van der Waals surface area contributed by atoms with Crippen LogP contribution in [0.5, 0.6) is 0 Å². The van der Waals surface area contributed by atoms with E-state index < -0.39 is 27.4 Å². The zero-order chi connectivity index (χ0) is 23.1. The van der Waals surface area contributed by atoms with Gasteiger partial charge < -0.3 is 4.90 Å². The van der Waals surface area contributed by atoms with Crippen LogP contribution in [0.3, 0.4) is 0 Å². The molecule has 2 saturated heterocycles. The van der Waals surface area contributed by atoms with E-state index in [1.54, 1.807) is 6.07 Å². The molecule has 0 unspecified atom stereocenters. The zero-order valence-corrected chi connectivity index (χ0v) is 18.5. The summed E-state index contributed by atoms with van der Waals surface area (Å²) in [5.74, 6) is -0.226. The van der Waals surface area contributed by atoms with Gasteiger partial charge in [0.15, 0.2) is 0 Å². The lowest BCUT2D eigenvalue weighted by Gasteiger charge is -2.44. The van der Waals surface area contributed by atoms with Gasteiger partial charge in [0.25, 0.3) is 0 Å². The minimum atomic E-state index is -4.47. The van der Waals surface area contributed by atoms with Crippen molar-refractivity contribution in [1.29, 1.82) is 0 Å². The van der Waals surface area contributed by atoms with Gasteiger partial charge in [0.05, 0.1) is 22.7 Å². The third kappa shape index (κ3) is 4.36. The molecule has 172 valence electrons. The van der Waals surface area contributed by atoms with E-state index in [1.807, 2.05) is 0 Å². The summed E-state index contributed by atoms with van der Waals surface area (Å²) in [4.78, 5) is 14.2. The van der Waals surface area contributed by atoms with Crippen LogP contribution in [0.25, 0.3) is 0 Å². The first-order chi connectivity index (χ1) is 15.0. The first kappa shape index (κ1) is 23.0. The molecule has 0 saturated carbocycles. The number of rotatable bonds is 4. The molecule has 2 aromatic carbocycles. The highest BCUT2D eigenvalue weighted by molar-refractivity contribution is 7.89. The molecule has 1 spiro atoms. The maximum absolute atomic E-state index is 13.1. The smallest absolute Gasteiger partial charge is 0.319 e. The fourth-order valence-electron chi connectivity index (χ4n) is 4.24. The van der Waals surface area contributed by atoms with E-state index in [2.05, 4.69) is 5.32 Å². The third-order valence-corrected chi connectivity index (χ3v) is 8.15. The molecule has 4 rings (SSSR count). The second-order valence-corrected chi connectivity index (χ2v) is 10.3. The Morgan fingerprint density at radius 1 is 1.06 bits per heavy atom. The van der Waals surface area contributed by atoms with Crippen molar-refractivity contribution in [2.24, 2.45) is 0 Å². The van der Waals surface area contributed by atoms with Crippen molar-refractivity contribution in [3.05, 3.63) is 64.7 Å². The highest BCUT2D eigenvalue weighted by Crippen LogP contribution is 2.35. The van der Waals surface area contributed by atoms with Crippen LogP contribution in [0.2, 0.25) is 5.02 Å². The average Bonchev–Trinajstić information content (AvgIpc) is 3.04. The Bertz CT molecular complexity index is 1120. The van der Waals surface area contributed by atoms with E-state index in [0.29, 0.717) is 23.4 Å². The van der Waals surface area contributed by atoms with Crippen LogP contribution in [0.15, 0.2) is 53.4 Å². The monoisotopic (exact) mass is 487 g/mol. The molecule has 0 bridgehead atoms. The van der Waals surface area contributed by atoms with Crippen molar-refractivity contribution in [3.63, 3.8) is 0 Å². The number of carbonyl (C=O) groups is 1. The largest absolute Gasteiger partial charge is 0.416 e. The fourth-order valence-corrected chi connectivity index (χ4v) is 5.80. The second kappa shape index (κ2) is 8.33. The summed E-state index contributed by atoms with van der Waals surface area (Å²) in [7, 11) is -3.72. The van der Waals surface area contributed by atoms with Crippen LogP contribution in [0.1, 0.15) is 24.0 Å². The SMILES string of the molecule is O=C1CNC2(CCN(S(=O)(=O)c3ccc(Cl)cc3)CC2)N1Cc1cccc(C(F)(F)F)c1. The number of nitrogens with one attached hydrogen (secondary N) is 1. The molecular formula is C21H21ClF3N3O3S. The van der Waals surface area contributed by atoms with Crippen LogP contribution < -0.4 is 5.32 Å². The molecule has 1 N–H and O–H groups in total. The van der Waals surface area contributed by atoms with Crippen LogP contribution in [-0.2, 0) is 27.5 Å². The van der Waals surface area contributed by atoms with Gasteiger partial charge in [0, 0.05) is 24.7 Å². The maximum Gasteiger partial charge on any atom is 0.416 e. The van der Waals surface area contributed by atoms with Crippen molar-refractivity contribution in [1.82, 2.24) is 14.5 Å². The fraction of sp³-hybridized carbons (Fsp3) is 0.381. The molecule has 1 amide bonds. The maximum atomic E-state index is 13.1. The molecule has 0 aromatic heterocycles. The number of alkyl halides is 3. The first-order valence-electron chi connectivity index (χ1n) is 9.99. The summed E-state index contributed by atoms with van der Waals surface area (Å²) in [6, 6.07) is 10.8. The lowest BCUT2D eigenvalue weighted by molar-refractivity contribution is -0.137. The van der Waals surface area contributed by atoms with E-state index in [1.165, 1.54) is 39.5 Å². The van der Waals surface area contributed by atoms with Crippen molar-refractivity contribution >= 4 is 27.5 Å². The number of amides is 1. The summed E-state index contributed by atoms with van der Waals surface area (Å²) in [6.45, 7) is 0.414. The Hall–Kier alpha value is -2.14. The summed E-state index contributed by atoms with van der Waals surface area (Å²) in [5, 5.41) is 3.60. The number of carbonyl (C=O) groups excluding carboxylic acids is 1. The molecule has 2 fully saturated rings. The molecule has 2 aliphatic heterocycles. The summed E-state index contributed by atoms with van der Waals surface area (Å²) in [6.07, 6.45) is -3.82. The molecule has 11 heteroatoms. The number of nitrogens with zero attached hydrogens (tertiary/aromatic N) is 2. The standard InChI is InChI=1S/C21H21ClF3N3O3S/c22-17-4-6-18(7-5-17)32(30,31)27-10-8-20(9-11-27)26-13-19(29)28(20)14-15-2-1-3-16(12-15)21(23,24)25/h1-7,12,26H,8-11,13-14H2. The van der Waals surface area contributed by atoms with Crippen molar-refractivity contribution < 1.29 is 26.4 Å². The third-order valence-electron chi connectivity index (χ3n) is 5.98. The van der Waals surface area contributed by atoms with Crippen molar-refractivity contribution in [3.8, 4) is 0 Å². The second-order valence-electron chi connectivity index (χ2n) is 7.92. The van der Waals surface area contributed by atoms with E-state index in [0.717, 1.165) is 12.1 Å². The molecule has 0 atom stereocenters. The number of hydrogen-bond acceptors (Lipinski definition) is 4. The van der Waals surface area contributed by atoms with Crippen molar-refractivity contribution in [2.45, 2.75) is 36.1 Å². The topological polar surface area (TPSA) is 69.7 Å². The van der Waals surface area contributed by atoms with Crippen molar-refractivity contribution in [2.75, 3.05) is 19.6 Å².